The number of rotatable bonds is 8. The quantitative estimate of drug-likeness (QED) is 0.237. The third-order valence-corrected chi connectivity index (χ3v) is 6.75. The summed E-state index contributed by atoms with van der Waals surface area (Å²) in [6.07, 6.45) is 4.58. The molecule has 1 unspecified atom stereocenters. The Balaban J connectivity index is 1.48. The molecule has 1 aliphatic rings. The van der Waals surface area contributed by atoms with E-state index in [1.54, 1.807) is 48.5 Å². The van der Waals surface area contributed by atoms with Crippen LogP contribution in [0.15, 0.2) is 71.0 Å². The fourth-order valence-electron chi connectivity index (χ4n) is 4.46. The van der Waals surface area contributed by atoms with Crippen molar-refractivity contribution in [2.45, 2.75) is 25.9 Å². The van der Waals surface area contributed by atoms with Crippen molar-refractivity contribution in [2.24, 2.45) is 0 Å². The molecular weight excluding hydrogens is 567 g/mol. The van der Waals surface area contributed by atoms with Crippen molar-refractivity contribution in [1.82, 2.24) is 25.3 Å². The minimum Gasteiger partial charge on any atom is -0.495 e. The second-order valence-electron chi connectivity index (χ2n) is 8.82. The summed E-state index contributed by atoms with van der Waals surface area (Å²) in [5.41, 5.74) is 7.64. The van der Waals surface area contributed by atoms with E-state index in [-0.39, 0.29) is 6.42 Å². The monoisotopic (exact) mass is 589 g/mol. The molecule has 0 aliphatic carbocycles. The van der Waals surface area contributed by atoms with Crippen molar-refractivity contribution >= 4 is 51.4 Å². The van der Waals surface area contributed by atoms with E-state index in [2.05, 4.69) is 21.4 Å². The number of methoxy groups -OCH3 is 1. The Labute approximate surface area is 236 Å². The van der Waals surface area contributed by atoms with Crippen LogP contribution in [0.5, 0.6) is 5.75 Å². The number of ether oxygens (including phenoxy) is 1. The molecule has 10 nitrogen and oxygen atoms in total. The minimum atomic E-state index is -2.78. The van der Waals surface area contributed by atoms with Crippen molar-refractivity contribution < 1.29 is 18.3 Å². The minimum absolute atomic E-state index is 0.287. The Bertz CT molecular complexity index is 1690. The van der Waals surface area contributed by atoms with Crippen molar-refractivity contribution in [3.8, 4) is 16.9 Å². The van der Waals surface area contributed by atoms with E-state index in [0.29, 0.717) is 54.0 Å². The number of fused-ring (bicyclic) bond motifs is 1. The van der Waals surface area contributed by atoms with Gasteiger partial charge in [-0.3, -0.25) is 24.6 Å². The summed E-state index contributed by atoms with van der Waals surface area (Å²) >= 11 is 12.3. The highest BCUT2D eigenvalue weighted by Crippen LogP contribution is 2.38. The van der Waals surface area contributed by atoms with Gasteiger partial charge in [0.15, 0.2) is 0 Å². The Hall–Kier alpha value is -4.13. The van der Waals surface area contributed by atoms with E-state index in [9.17, 15) is 18.4 Å². The lowest BCUT2D eigenvalue weighted by Crippen LogP contribution is -2.36. The number of hydrazine groups is 2. The number of anilines is 2. The van der Waals surface area contributed by atoms with Crippen LogP contribution in [0.4, 0.5) is 20.2 Å². The van der Waals surface area contributed by atoms with Gasteiger partial charge in [0, 0.05) is 39.5 Å². The summed E-state index contributed by atoms with van der Waals surface area (Å²) in [5.74, 6) is -0.131. The number of carbonyl (C=O) groups is 1. The van der Waals surface area contributed by atoms with Crippen LogP contribution >= 0.6 is 23.2 Å². The molecule has 5 rings (SSSR count). The molecule has 40 heavy (non-hydrogen) atoms. The van der Waals surface area contributed by atoms with Gasteiger partial charge in [0.25, 0.3) is 5.56 Å². The summed E-state index contributed by atoms with van der Waals surface area (Å²) in [4.78, 5) is 26.7. The van der Waals surface area contributed by atoms with Gasteiger partial charge in [0.2, 0.25) is 5.91 Å². The van der Waals surface area contributed by atoms with E-state index < -0.39 is 24.1 Å². The summed E-state index contributed by atoms with van der Waals surface area (Å²) in [6, 6.07) is 10.3. The molecule has 0 saturated carbocycles. The Morgan fingerprint density at radius 2 is 1.93 bits per heavy atom. The smallest absolute Gasteiger partial charge is 0.333 e. The maximum absolute atomic E-state index is 13.4. The second kappa shape index (κ2) is 11.2. The highest BCUT2D eigenvalue weighted by molar-refractivity contribution is 6.31. The van der Waals surface area contributed by atoms with Gasteiger partial charge in [0.1, 0.15) is 16.9 Å². The third kappa shape index (κ3) is 5.33. The van der Waals surface area contributed by atoms with Gasteiger partial charge in [-0.1, -0.05) is 30.1 Å². The second-order valence-corrected chi connectivity index (χ2v) is 9.66. The van der Waals surface area contributed by atoms with Crippen LogP contribution in [-0.2, 0) is 4.79 Å². The number of carbonyl (C=O) groups excluding carboxylic acids is 1. The van der Waals surface area contributed by atoms with E-state index >= 15 is 0 Å². The van der Waals surface area contributed by atoms with Crippen LogP contribution in [0.25, 0.3) is 22.0 Å². The number of nitrogens with zero attached hydrogens (tertiary/aromatic N) is 4. The first-order valence-electron chi connectivity index (χ1n) is 12.0. The molecule has 1 amide bonds. The summed E-state index contributed by atoms with van der Waals surface area (Å²) in [5, 5.41) is 9.44. The zero-order valence-electron chi connectivity index (χ0n) is 21.2. The van der Waals surface area contributed by atoms with E-state index in [1.165, 1.54) is 36.2 Å². The molecule has 0 saturated heterocycles. The van der Waals surface area contributed by atoms with Gasteiger partial charge in [-0.25, -0.2) is 4.68 Å². The summed E-state index contributed by atoms with van der Waals surface area (Å²) < 4.78 is 33.5. The molecule has 1 aliphatic heterocycles. The standard InChI is InChI=1S/C26H23Cl2F2N7O3/c1-3-20(25(39)31-16-5-6-19-14(8-16)11-37(33-19)26(29)30)35-12-22(40-2)18(10-24(35)38)17-9-15(27)4-7-21(17)36-13-23(28)32-34-36/h4-13,20,26,32,34H,3H2,1-2H3,(H,31,39). The van der Waals surface area contributed by atoms with Gasteiger partial charge >= 0.3 is 6.55 Å². The lowest BCUT2D eigenvalue weighted by molar-refractivity contribution is -0.119. The van der Waals surface area contributed by atoms with Crippen molar-refractivity contribution in [1.29, 1.82) is 0 Å². The third-order valence-electron chi connectivity index (χ3n) is 6.33. The first-order chi connectivity index (χ1) is 19.2. The highest BCUT2D eigenvalue weighted by Gasteiger charge is 2.24. The fraction of sp³-hybridized carbons (Fsp3) is 0.192. The predicted octanol–water partition coefficient (Wildman–Crippen LogP) is 5.38. The Morgan fingerprint density at radius 1 is 1.12 bits per heavy atom. The first kappa shape index (κ1) is 27.4. The number of amides is 1. The number of alkyl halides is 2. The van der Waals surface area contributed by atoms with Crippen molar-refractivity contribution in [2.75, 3.05) is 17.4 Å². The molecule has 208 valence electrons. The molecule has 2 aromatic carbocycles. The zero-order valence-corrected chi connectivity index (χ0v) is 22.7. The van der Waals surface area contributed by atoms with Crippen LogP contribution in [0.3, 0.4) is 0 Å². The molecule has 0 fully saturated rings. The molecule has 0 spiro atoms. The molecule has 4 aromatic rings. The van der Waals surface area contributed by atoms with Crippen molar-refractivity contribution in [3.05, 3.63) is 81.6 Å². The Kier molecular flexibility index (Phi) is 7.66. The van der Waals surface area contributed by atoms with Crippen LogP contribution in [0, 0.1) is 0 Å². The largest absolute Gasteiger partial charge is 0.495 e. The molecule has 2 aromatic heterocycles. The number of hydrogen-bond acceptors (Lipinski definition) is 7. The highest BCUT2D eigenvalue weighted by atomic mass is 35.5. The number of pyridine rings is 1. The molecule has 0 bridgehead atoms. The van der Waals surface area contributed by atoms with Crippen LogP contribution < -0.4 is 31.6 Å². The first-order valence-corrected chi connectivity index (χ1v) is 12.8. The number of benzene rings is 2. The average molecular weight is 590 g/mol. The van der Waals surface area contributed by atoms with Gasteiger partial charge in [-0.05, 0) is 42.8 Å². The number of nitrogens with one attached hydrogen (secondary N) is 3. The van der Waals surface area contributed by atoms with Gasteiger partial charge in [-0.2, -0.15) is 13.9 Å². The van der Waals surface area contributed by atoms with Crippen molar-refractivity contribution in [3.63, 3.8) is 0 Å². The Morgan fingerprint density at radius 3 is 2.60 bits per heavy atom. The SMILES string of the molecule is CCC(C(=O)Nc1ccc2nn(C(F)F)cc2c1)n1cc(OC)c(-c2cc(Cl)ccc2N2C=C(Cl)NN2)cc1=O. The fourth-order valence-corrected chi connectivity index (χ4v) is 4.77. The molecule has 1 atom stereocenters. The van der Waals surface area contributed by atoms with Crippen LogP contribution in [0.1, 0.15) is 25.9 Å². The normalized spacial score (nSPS) is 13.9. The van der Waals surface area contributed by atoms with E-state index in [4.69, 9.17) is 27.9 Å². The number of halogens is 4. The maximum atomic E-state index is 13.4. The van der Waals surface area contributed by atoms with Gasteiger partial charge < -0.3 is 10.1 Å². The predicted molar refractivity (Wildman–Crippen MR) is 149 cm³/mol. The molecule has 14 heteroatoms. The van der Waals surface area contributed by atoms with Crippen LogP contribution in [0.2, 0.25) is 5.02 Å². The summed E-state index contributed by atoms with van der Waals surface area (Å²) in [7, 11) is 1.46. The summed E-state index contributed by atoms with van der Waals surface area (Å²) in [6.45, 7) is -1.01. The topological polar surface area (TPSA) is 105 Å². The molecule has 3 heterocycles. The van der Waals surface area contributed by atoms with Crippen LogP contribution in [-0.4, -0.2) is 27.4 Å². The molecule has 3 N–H and O–H groups in total. The zero-order chi connectivity index (χ0) is 28.6. The molecular formula is C26H23Cl2F2N7O3. The molecule has 0 radical (unpaired) electrons. The lowest BCUT2D eigenvalue weighted by atomic mass is 10.0. The van der Waals surface area contributed by atoms with E-state index in [0.717, 1.165) is 0 Å². The van der Waals surface area contributed by atoms with Gasteiger partial charge in [0.05, 0.1) is 30.7 Å². The van der Waals surface area contributed by atoms with E-state index in [1.807, 2.05) is 0 Å². The number of hydrogen-bond donors (Lipinski definition) is 3. The average Bonchev–Trinajstić information content (AvgIpc) is 3.56. The lowest BCUT2D eigenvalue weighted by Gasteiger charge is -2.23. The maximum Gasteiger partial charge on any atom is 0.333 e. The number of aromatic nitrogens is 3. The van der Waals surface area contributed by atoms with Gasteiger partial charge in [-0.15, -0.1) is 5.53 Å².